The molecule has 1 heterocycles. The Kier molecular flexibility index (Phi) is 2.63. The van der Waals surface area contributed by atoms with Gasteiger partial charge in [-0.25, -0.2) is 4.98 Å². The van der Waals surface area contributed by atoms with Gasteiger partial charge in [0.1, 0.15) is 5.82 Å². The Bertz CT molecular complexity index is 532. The Hall–Kier alpha value is -1.35. The summed E-state index contributed by atoms with van der Waals surface area (Å²) in [7, 11) is 2.05. The minimum atomic E-state index is -0.223. The van der Waals surface area contributed by atoms with Crippen molar-refractivity contribution >= 4 is 11.0 Å². The third-order valence-electron chi connectivity index (χ3n) is 3.88. The predicted octanol–water partition coefficient (Wildman–Crippen LogP) is 2.59. The lowest BCUT2D eigenvalue weighted by Crippen LogP contribution is -2.24. The zero-order valence-corrected chi connectivity index (χ0v) is 10.1. The van der Waals surface area contributed by atoms with Crippen molar-refractivity contribution in [2.45, 2.75) is 37.7 Å². The van der Waals surface area contributed by atoms with Crippen LogP contribution in [0.1, 0.15) is 37.4 Å². The molecule has 1 fully saturated rings. The molecule has 0 spiro atoms. The van der Waals surface area contributed by atoms with Crippen molar-refractivity contribution in [3.63, 3.8) is 0 Å². The van der Waals surface area contributed by atoms with Crippen LogP contribution < -0.4 is 0 Å². The van der Waals surface area contributed by atoms with E-state index in [9.17, 15) is 5.11 Å². The fourth-order valence-corrected chi connectivity index (χ4v) is 2.91. The van der Waals surface area contributed by atoms with Gasteiger partial charge in [0.25, 0.3) is 0 Å². The number of nitrogens with zero attached hydrogens (tertiary/aromatic N) is 2. The second kappa shape index (κ2) is 4.15. The molecule has 0 radical (unpaired) electrons. The Labute approximate surface area is 101 Å². The molecule has 2 aromatic rings. The van der Waals surface area contributed by atoms with E-state index in [1.54, 1.807) is 0 Å². The zero-order chi connectivity index (χ0) is 11.8. The Morgan fingerprint density at radius 3 is 2.76 bits per heavy atom. The third kappa shape index (κ3) is 1.75. The quantitative estimate of drug-likeness (QED) is 0.817. The van der Waals surface area contributed by atoms with Gasteiger partial charge in [-0.3, -0.25) is 0 Å². The molecule has 0 aliphatic heterocycles. The van der Waals surface area contributed by atoms with Gasteiger partial charge < -0.3 is 9.67 Å². The first-order valence-electron chi connectivity index (χ1n) is 6.37. The SMILES string of the molecule is Cn1c(C2CCCCC2O)nc2ccccc21. The van der Waals surface area contributed by atoms with Gasteiger partial charge in [-0.1, -0.05) is 25.0 Å². The number of benzene rings is 1. The molecule has 2 atom stereocenters. The second-order valence-electron chi connectivity index (χ2n) is 4.98. The van der Waals surface area contributed by atoms with Gasteiger partial charge in [-0.05, 0) is 25.0 Å². The van der Waals surface area contributed by atoms with E-state index in [-0.39, 0.29) is 12.0 Å². The Morgan fingerprint density at radius 2 is 2.00 bits per heavy atom. The summed E-state index contributed by atoms with van der Waals surface area (Å²) in [5.74, 6) is 1.25. The molecule has 1 aromatic heterocycles. The van der Waals surface area contributed by atoms with Gasteiger partial charge in [0.2, 0.25) is 0 Å². The van der Waals surface area contributed by atoms with Crippen LogP contribution >= 0.6 is 0 Å². The fraction of sp³-hybridized carbons (Fsp3) is 0.500. The van der Waals surface area contributed by atoms with Crippen LogP contribution in [0.4, 0.5) is 0 Å². The summed E-state index contributed by atoms with van der Waals surface area (Å²) in [6.45, 7) is 0. The van der Waals surface area contributed by atoms with E-state index in [2.05, 4.69) is 15.6 Å². The molecule has 0 bridgehead atoms. The number of aromatic nitrogens is 2. The van der Waals surface area contributed by atoms with E-state index < -0.39 is 0 Å². The van der Waals surface area contributed by atoms with Crippen LogP contribution in [0.5, 0.6) is 0 Å². The zero-order valence-electron chi connectivity index (χ0n) is 10.1. The van der Waals surface area contributed by atoms with Crippen LogP contribution in [0.3, 0.4) is 0 Å². The van der Waals surface area contributed by atoms with Crippen molar-refractivity contribution in [1.29, 1.82) is 0 Å². The molecule has 90 valence electrons. The fourth-order valence-electron chi connectivity index (χ4n) is 2.91. The number of hydrogen-bond acceptors (Lipinski definition) is 2. The van der Waals surface area contributed by atoms with Crippen molar-refractivity contribution in [2.24, 2.45) is 7.05 Å². The first-order chi connectivity index (χ1) is 8.27. The summed E-state index contributed by atoms with van der Waals surface area (Å²) in [5.41, 5.74) is 2.18. The van der Waals surface area contributed by atoms with Crippen LogP contribution in [0.25, 0.3) is 11.0 Å². The summed E-state index contributed by atoms with van der Waals surface area (Å²) in [6.07, 6.45) is 4.08. The molecule has 1 aliphatic carbocycles. The van der Waals surface area contributed by atoms with Crippen molar-refractivity contribution in [3.05, 3.63) is 30.1 Å². The van der Waals surface area contributed by atoms with E-state index in [1.165, 1.54) is 6.42 Å². The minimum Gasteiger partial charge on any atom is -0.392 e. The highest BCUT2D eigenvalue weighted by atomic mass is 16.3. The first-order valence-corrected chi connectivity index (χ1v) is 6.37. The van der Waals surface area contributed by atoms with Gasteiger partial charge in [-0.2, -0.15) is 0 Å². The molecule has 0 saturated heterocycles. The largest absolute Gasteiger partial charge is 0.392 e. The van der Waals surface area contributed by atoms with Crippen molar-refractivity contribution in [1.82, 2.24) is 9.55 Å². The lowest BCUT2D eigenvalue weighted by atomic mass is 9.86. The summed E-state index contributed by atoms with van der Waals surface area (Å²) >= 11 is 0. The van der Waals surface area contributed by atoms with Gasteiger partial charge in [0.05, 0.1) is 17.1 Å². The molecule has 3 heteroatoms. The number of para-hydroxylation sites is 2. The van der Waals surface area contributed by atoms with Crippen LogP contribution in [0.2, 0.25) is 0 Å². The monoisotopic (exact) mass is 230 g/mol. The molecule has 17 heavy (non-hydrogen) atoms. The first kappa shape index (κ1) is 10.8. The predicted molar refractivity (Wildman–Crippen MR) is 67.9 cm³/mol. The number of imidazole rings is 1. The highest BCUT2D eigenvalue weighted by Crippen LogP contribution is 2.33. The molecule has 3 nitrogen and oxygen atoms in total. The van der Waals surface area contributed by atoms with Crippen LogP contribution in [-0.4, -0.2) is 20.8 Å². The molecule has 1 aliphatic rings. The molecule has 1 saturated carbocycles. The average Bonchev–Trinajstić information content (AvgIpc) is 2.68. The maximum absolute atomic E-state index is 10.1. The molecular weight excluding hydrogens is 212 g/mol. The van der Waals surface area contributed by atoms with Crippen LogP contribution in [-0.2, 0) is 7.05 Å². The van der Waals surface area contributed by atoms with Gasteiger partial charge in [-0.15, -0.1) is 0 Å². The molecule has 2 unspecified atom stereocenters. The van der Waals surface area contributed by atoms with E-state index >= 15 is 0 Å². The number of aliphatic hydroxyl groups is 1. The molecular formula is C14H18N2O. The molecule has 1 aromatic carbocycles. The van der Waals surface area contributed by atoms with Crippen molar-refractivity contribution in [2.75, 3.05) is 0 Å². The highest BCUT2D eigenvalue weighted by Gasteiger charge is 2.28. The van der Waals surface area contributed by atoms with E-state index in [4.69, 9.17) is 0 Å². The second-order valence-corrected chi connectivity index (χ2v) is 4.98. The topological polar surface area (TPSA) is 38.0 Å². The average molecular weight is 230 g/mol. The summed E-state index contributed by atoms with van der Waals surface area (Å²) in [4.78, 5) is 4.69. The van der Waals surface area contributed by atoms with Crippen molar-refractivity contribution < 1.29 is 5.11 Å². The van der Waals surface area contributed by atoms with E-state index in [0.29, 0.717) is 0 Å². The number of fused-ring (bicyclic) bond motifs is 1. The number of rotatable bonds is 1. The smallest absolute Gasteiger partial charge is 0.115 e. The maximum atomic E-state index is 10.1. The van der Waals surface area contributed by atoms with E-state index in [1.807, 2.05) is 25.2 Å². The number of aryl methyl sites for hydroxylation is 1. The third-order valence-corrected chi connectivity index (χ3v) is 3.88. The van der Waals surface area contributed by atoms with Crippen molar-refractivity contribution in [3.8, 4) is 0 Å². The lowest BCUT2D eigenvalue weighted by Gasteiger charge is -2.26. The molecule has 3 rings (SSSR count). The maximum Gasteiger partial charge on any atom is 0.115 e. The highest BCUT2D eigenvalue weighted by molar-refractivity contribution is 5.75. The van der Waals surface area contributed by atoms with E-state index in [0.717, 1.165) is 36.1 Å². The van der Waals surface area contributed by atoms with Gasteiger partial charge >= 0.3 is 0 Å². The minimum absolute atomic E-state index is 0.209. The molecule has 0 amide bonds. The Balaban J connectivity index is 2.07. The van der Waals surface area contributed by atoms with Gasteiger partial charge in [0, 0.05) is 13.0 Å². The molecule has 1 N–H and O–H groups in total. The summed E-state index contributed by atoms with van der Waals surface area (Å²) in [5, 5.41) is 10.1. The number of hydrogen-bond donors (Lipinski definition) is 1. The normalized spacial score (nSPS) is 25.3. The summed E-state index contributed by atoms with van der Waals surface area (Å²) in [6, 6.07) is 8.16. The van der Waals surface area contributed by atoms with Crippen LogP contribution in [0.15, 0.2) is 24.3 Å². The Morgan fingerprint density at radius 1 is 1.24 bits per heavy atom. The number of aliphatic hydroxyl groups excluding tert-OH is 1. The van der Waals surface area contributed by atoms with Gasteiger partial charge in [0.15, 0.2) is 0 Å². The van der Waals surface area contributed by atoms with Crippen LogP contribution in [0, 0.1) is 0 Å². The summed E-state index contributed by atoms with van der Waals surface area (Å²) < 4.78 is 2.13. The standard InChI is InChI=1S/C14H18N2O/c1-16-12-8-4-3-7-11(12)15-14(16)10-6-2-5-9-13(10)17/h3-4,7-8,10,13,17H,2,5-6,9H2,1H3. The lowest BCUT2D eigenvalue weighted by molar-refractivity contribution is 0.102.